The van der Waals surface area contributed by atoms with Crippen molar-refractivity contribution in [2.45, 2.75) is 104 Å². The van der Waals surface area contributed by atoms with Gasteiger partial charge in [-0.1, -0.05) is 86.6 Å². The molecule has 1 unspecified atom stereocenters. The van der Waals surface area contributed by atoms with Crippen LogP contribution in [0.5, 0.6) is 11.5 Å². The van der Waals surface area contributed by atoms with Crippen molar-refractivity contribution in [2.24, 2.45) is 0 Å². The Balaban J connectivity index is 2.38. The fourth-order valence-corrected chi connectivity index (χ4v) is 4.10. The smallest absolute Gasteiger partial charge is 0.123 e. The number of hydrogen-bond donors (Lipinski definition) is 2. The van der Waals surface area contributed by atoms with Crippen LogP contribution < -0.4 is 0 Å². The van der Waals surface area contributed by atoms with Gasteiger partial charge in [0.25, 0.3) is 0 Å². The van der Waals surface area contributed by atoms with Crippen LogP contribution in [0.15, 0.2) is 24.3 Å². The Kier molecular flexibility index (Phi) is 6.96. The summed E-state index contributed by atoms with van der Waals surface area (Å²) < 4.78 is 0. The van der Waals surface area contributed by atoms with Crippen LogP contribution >= 0.6 is 0 Å². The van der Waals surface area contributed by atoms with Gasteiger partial charge in [0.2, 0.25) is 0 Å². The summed E-state index contributed by atoms with van der Waals surface area (Å²) in [5, 5.41) is 21.5. The van der Waals surface area contributed by atoms with E-state index in [2.05, 4.69) is 93.5 Å². The Bertz CT molecular complexity index is 896. The number of benzene rings is 2. The van der Waals surface area contributed by atoms with E-state index in [4.69, 9.17) is 0 Å². The van der Waals surface area contributed by atoms with Crippen LogP contribution in [0, 0.1) is 13.8 Å². The molecule has 0 aliphatic rings. The Morgan fingerprint density at radius 2 is 1.13 bits per heavy atom. The van der Waals surface area contributed by atoms with Crippen LogP contribution in [-0.2, 0) is 22.7 Å². The van der Waals surface area contributed by atoms with Gasteiger partial charge < -0.3 is 10.2 Å². The van der Waals surface area contributed by atoms with Crippen LogP contribution in [0.1, 0.15) is 108 Å². The monoisotopic (exact) mass is 423 g/mol. The molecule has 0 fully saturated rings. The molecular formula is C29H43O2. The van der Waals surface area contributed by atoms with E-state index in [1.165, 1.54) is 11.1 Å². The maximum Gasteiger partial charge on any atom is 0.123 e. The van der Waals surface area contributed by atoms with E-state index in [9.17, 15) is 10.2 Å². The van der Waals surface area contributed by atoms with Crippen molar-refractivity contribution in [1.82, 2.24) is 0 Å². The zero-order chi connectivity index (χ0) is 23.9. The van der Waals surface area contributed by atoms with E-state index in [1.807, 2.05) is 6.92 Å². The molecule has 2 aromatic rings. The molecule has 0 aliphatic heterocycles. The molecule has 0 aromatic heterocycles. The summed E-state index contributed by atoms with van der Waals surface area (Å²) in [6, 6.07) is 8.53. The minimum Gasteiger partial charge on any atom is -0.507 e. The summed E-state index contributed by atoms with van der Waals surface area (Å²) in [6.45, 7) is 25.7. The molecule has 0 spiro atoms. The normalized spacial score (nSPS) is 14.0. The zero-order valence-electron chi connectivity index (χ0n) is 21.4. The van der Waals surface area contributed by atoms with E-state index in [0.717, 1.165) is 35.1 Å². The summed E-state index contributed by atoms with van der Waals surface area (Å²) in [5.74, 6) is 0.955. The highest BCUT2D eigenvalue weighted by molar-refractivity contribution is 5.50. The van der Waals surface area contributed by atoms with Gasteiger partial charge in [0.05, 0.1) is 0 Å². The summed E-state index contributed by atoms with van der Waals surface area (Å²) in [5.41, 5.74) is 5.94. The van der Waals surface area contributed by atoms with Crippen molar-refractivity contribution in [2.75, 3.05) is 0 Å². The molecule has 171 valence electrons. The zero-order valence-corrected chi connectivity index (χ0v) is 21.4. The maximum absolute atomic E-state index is 11.0. The number of rotatable bonds is 4. The highest BCUT2D eigenvalue weighted by Gasteiger charge is 2.27. The van der Waals surface area contributed by atoms with Crippen molar-refractivity contribution in [3.05, 3.63) is 64.6 Å². The second kappa shape index (κ2) is 8.52. The number of aryl methyl sites for hydroxylation is 2. The lowest BCUT2D eigenvalue weighted by Gasteiger charge is -2.28. The van der Waals surface area contributed by atoms with E-state index >= 15 is 0 Å². The number of aromatic hydroxyl groups is 2. The molecular weight excluding hydrogens is 380 g/mol. The maximum atomic E-state index is 11.0. The highest BCUT2D eigenvalue weighted by atomic mass is 16.3. The third kappa shape index (κ3) is 5.84. The predicted octanol–water partition coefficient (Wildman–Crippen LogP) is 7.85. The lowest BCUT2D eigenvalue weighted by molar-refractivity contribution is 0.422. The molecule has 0 amide bonds. The van der Waals surface area contributed by atoms with Crippen LogP contribution in [-0.4, -0.2) is 10.2 Å². The largest absolute Gasteiger partial charge is 0.507 e. The topological polar surface area (TPSA) is 40.5 Å². The summed E-state index contributed by atoms with van der Waals surface area (Å²) >= 11 is 0. The van der Waals surface area contributed by atoms with Gasteiger partial charge in [0.15, 0.2) is 0 Å². The molecule has 31 heavy (non-hydrogen) atoms. The van der Waals surface area contributed by atoms with Crippen LogP contribution in [0.3, 0.4) is 0 Å². The molecule has 0 saturated carbocycles. The third-order valence-electron chi connectivity index (χ3n) is 6.17. The van der Waals surface area contributed by atoms with Gasteiger partial charge >= 0.3 is 0 Å². The second-order valence-electron chi connectivity index (χ2n) is 12.3. The number of hydrogen-bond acceptors (Lipinski definition) is 2. The van der Waals surface area contributed by atoms with Gasteiger partial charge in [0.1, 0.15) is 11.5 Å². The van der Waals surface area contributed by atoms with Crippen molar-refractivity contribution in [1.29, 1.82) is 0 Å². The van der Waals surface area contributed by atoms with E-state index < -0.39 is 0 Å². The number of phenols is 2. The molecule has 0 saturated heterocycles. The predicted molar refractivity (Wildman–Crippen MR) is 133 cm³/mol. The first-order valence-electron chi connectivity index (χ1n) is 11.5. The van der Waals surface area contributed by atoms with Crippen molar-refractivity contribution < 1.29 is 10.2 Å². The number of phenolic OH excluding ortho intramolecular Hbond substituents is 2. The minimum absolute atomic E-state index is 0.120. The first-order chi connectivity index (χ1) is 13.9. The quantitative estimate of drug-likeness (QED) is 0.525. The van der Waals surface area contributed by atoms with Crippen LogP contribution in [0.4, 0.5) is 0 Å². The Morgan fingerprint density at radius 1 is 0.710 bits per heavy atom. The molecule has 1 radical (unpaired) electrons. The summed E-state index contributed by atoms with van der Waals surface area (Å²) in [6.07, 6.45) is 1.80. The third-order valence-corrected chi connectivity index (χ3v) is 6.17. The standard InChI is InChI=1S/C29H43O2/c1-18(21-14-19(2)25(30)24(17-21)29(9,10)11)12-13-20-15-22(27(3,4)5)26(31)23(16-20)28(6,7)8/h14-18,30-31H,1,12-13H2,2-11H3. The van der Waals surface area contributed by atoms with Crippen molar-refractivity contribution in [3.8, 4) is 11.5 Å². The van der Waals surface area contributed by atoms with Gasteiger partial charge in [-0.15, -0.1) is 0 Å². The Labute approximate surface area is 190 Å². The molecule has 2 aromatic carbocycles. The van der Waals surface area contributed by atoms with E-state index in [0.29, 0.717) is 11.5 Å². The Morgan fingerprint density at radius 3 is 1.55 bits per heavy atom. The fourth-order valence-electron chi connectivity index (χ4n) is 4.10. The summed E-state index contributed by atoms with van der Waals surface area (Å²) in [7, 11) is 0. The van der Waals surface area contributed by atoms with Gasteiger partial charge in [-0.25, -0.2) is 0 Å². The molecule has 2 nitrogen and oxygen atoms in total. The Hall–Kier alpha value is -1.96. The van der Waals surface area contributed by atoms with Gasteiger partial charge in [-0.2, -0.15) is 0 Å². The molecule has 0 heterocycles. The molecule has 0 aliphatic carbocycles. The molecule has 2 N–H and O–H groups in total. The van der Waals surface area contributed by atoms with Crippen LogP contribution in [0.25, 0.3) is 0 Å². The first-order valence-corrected chi connectivity index (χ1v) is 11.5. The van der Waals surface area contributed by atoms with Gasteiger partial charge in [0, 0.05) is 0 Å². The fraction of sp³-hybridized carbons (Fsp3) is 0.552. The molecule has 0 bridgehead atoms. The second-order valence-corrected chi connectivity index (χ2v) is 12.3. The minimum atomic E-state index is -0.125. The highest BCUT2D eigenvalue weighted by Crippen LogP contribution is 2.41. The average Bonchev–Trinajstić information content (AvgIpc) is 2.59. The average molecular weight is 424 g/mol. The van der Waals surface area contributed by atoms with Crippen molar-refractivity contribution >= 4 is 0 Å². The SMILES string of the molecule is [CH2]C(CCc1cc(C(C)(C)C)c(O)c(C(C)(C)C)c1)c1cc(C)c(O)c(C(C)(C)C)c1. The van der Waals surface area contributed by atoms with Crippen LogP contribution in [0.2, 0.25) is 0 Å². The van der Waals surface area contributed by atoms with Gasteiger partial charge in [-0.05, 0) is 82.2 Å². The summed E-state index contributed by atoms with van der Waals surface area (Å²) in [4.78, 5) is 0. The van der Waals surface area contributed by atoms with E-state index in [1.54, 1.807) is 0 Å². The van der Waals surface area contributed by atoms with Gasteiger partial charge in [-0.3, -0.25) is 0 Å². The van der Waals surface area contributed by atoms with E-state index in [-0.39, 0.29) is 22.2 Å². The molecule has 2 heteroatoms. The molecule has 2 rings (SSSR count). The first kappa shape index (κ1) is 25.3. The lowest BCUT2D eigenvalue weighted by Crippen LogP contribution is -2.18. The lowest BCUT2D eigenvalue weighted by atomic mass is 9.77. The van der Waals surface area contributed by atoms with Crippen molar-refractivity contribution in [3.63, 3.8) is 0 Å². The molecule has 1 atom stereocenters.